The fourth-order valence-electron chi connectivity index (χ4n) is 4.42. The smallest absolute Gasteiger partial charge is 0.408 e. The van der Waals surface area contributed by atoms with Gasteiger partial charge in [0, 0.05) is 18.1 Å². The lowest BCUT2D eigenvalue weighted by molar-refractivity contribution is 0.0393. The topological polar surface area (TPSA) is 81.5 Å². The van der Waals surface area contributed by atoms with E-state index in [1.807, 2.05) is 0 Å². The van der Waals surface area contributed by atoms with E-state index in [-0.39, 0.29) is 11.8 Å². The van der Waals surface area contributed by atoms with E-state index in [9.17, 15) is 9.59 Å². The fraction of sp³-hybridized carbons (Fsp3) is 0.529. The number of nitrogens with zero attached hydrogens (tertiary/aromatic N) is 2. The zero-order valence-corrected chi connectivity index (χ0v) is 13.2. The van der Waals surface area contributed by atoms with Gasteiger partial charge in [-0.2, -0.15) is 0 Å². The van der Waals surface area contributed by atoms with E-state index in [1.54, 1.807) is 22.8 Å². The van der Waals surface area contributed by atoms with Crippen LogP contribution < -0.4 is 11.5 Å². The van der Waals surface area contributed by atoms with Crippen molar-refractivity contribution in [3.8, 4) is 0 Å². The predicted octanol–water partition coefficient (Wildman–Crippen LogP) is 1.88. The molecule has 2 aliphatic heterocycles. The van der Waals surface area contributed by atoms with Crippen molar-refractivity contribution >= 4 is 17.0 Å². The van der Waals surface area contributed by atoms with Gasteiger partial charge in [-0.1, -0.05) is 12.5 Å². The van der Waals surface area contributed by atoms with Gasteiger partial charge in [-0.3, -0.25) is 9.36 Å². The van der Waals surface area contributed by atoms with Crippen LogP contribution in [-0.2, 0) is 0 Å². The number of rotatable bonds is 2. The molecule has 3 heterocycles. The number of piperidine rings is 2. The molecule has 0 aliphatic carbocycles. The van der Waals surface area contributed by atoms with Crippen LogP contribution in [0.2, 0.25) is 0 Å². The number of fused-ring (bicyclic) bond motifs is 3. The van der Waals surface area contributed by atoms with Crippen LogP contribution in [-0.4, -0.2) is 34.5 Å². The summed E-state index contributed by atoms with van der Waals surface area (Å²) in [6.07, 6.45) is 5.40. The van der Waals surface area contributed by atoms with Crippen molar-refractivity contribution in [1.29, 1.82) is 0 Å². The Labute approximate surface area is 133 Å². The standard InChI is InChI=1S/C17H21N3O3/c1-19-10-4-2-5-11(19)9-12(8-10)20-15-13(16(18)21)6-3-7-14(15)23-17(20)22/h3,6-7,10-12H,2,4-5,8-9H2,1H3,(H2,18,21). The van der Waals surface area contributed by atoms with Crippen LogP contribution in [0.1, 0.15) is 48.5 Å². The van der Waals surface area contributed by atoms with Gasteiger partial charge >= 0.3 is 5.76 Å². The predicted molar refractivity (Wildman–Crippen MR) is 86.5 cm³/mol. The van der Waals surface area contributed by atoms with Crippen LogP contribution in [0.4, 0.5) is 0 Å². The molecule has 6 nitrogen and oxygen atoms in total. The third-order valence-electron chi connectivity index (χ3n) is 5.58. The number of oxazole rings is 1. The zero-order valence-electron chi connectivity index (χ0n) is 13.2. The second-order valence-electron chi connectivity index (χ2n) is 6.78. The summed E-state index contributed by atoms with van der Waals surface area (Å²) < 4.78 is 7.05. The number of primary amides is 1. The summed E-state index contributed by atoms with van der Waals surface area (Å²) in [5, 5.41) is 0. The van der Waals surface area contributed by atoms with Gasteiger partial charge in [-0.25, -0.2) is 4.79 Å². The molecule has 122 valence electrons. The second kappa shape index (κ2) is 5.23. The molecule has 0 spiro atoms. The maximum atomic E-state index is 12.4. The minimum Gasteiger partial charge on any atom is -0.408 e. The molecule has 2 aromatic rings. The van der Waals surface area contributed by atoms with E-state index in [1.165, 1.54) is 6.42 Å². The van der Waals surface area contributed by atoms with E-state index in [0.29, 0.717) is 28.7 Å². The van der Waals surface area contributed by atoms with Gasteiger partial charge in [0.15, 0.2) is 5.58 Å². The molecule has 23 heavy (non-hydrogen) atoms. The van der Waals surface area contributed by atoms with Crippen molar-refractivity contribution in [2.24, 2.45) is 5.73 Å². The van der Waals surface area contributed by atoms with E-state index in [0.717, 1.165) is 25.7 Å². The Kier molecular flexibility index (Phi) is 3.30. The van der Waals surface area contributed by atoms with E-state index < -0.39 is 5.91 Å². The van der Waals surface area contributed by atoms with Crippen molar-refractivity contribution in [3.63, 3.8) is 0 Å². The Bertz CT molecular complexity index is 808. The molecule has 4 rings (SSSR count). The summed E-state index contributed by atoms with van der Waals surface area (Å²) in [7, 11) is 2.18. The number of benzene rings is 1. The molecule has 0 saturated carbocycles. The lowest BCUT2D eigenvalue weighted by Crippen LogP contribution is -2.50. The van der Waals surface area contributed by atoms with E-state index in [2.05, 4.69) is 11.9 Å². The minimum absolute atomic E-state index is 0.0655. The van der Waals surface area contributed by atoms with Gasteiger partial charge in [0.1, 0.15) is 5.52 Å². The Balaban J connectivity index is 1.84. The second-order valence-corrected chi connectivity index (χ2v) is 6.78. The lowest BCUT2D eigenvalue weighted by atomic mass is 9.82. The van der Waals surface area contributed by atoms with Gasteiger partial charge in [0.05, 0.1) is 5.56 Å². The average Bonchev–Trinajstić information content (AvgIpc) is 2.82. The first kappa shape index (κ1) is 14.5. The number of hydrogen-bond donors (Lipinski definition) is 1. The SMILES string of the molecule is CN1C2CCCC1CC(n1c(=O)oc3cccc(C(N)=O)c31)C2. The summed E-state index contributed by atoms with van der Waals surface area (Å²) in [4.78, 5) is 26.7. The van der Waals surface area contributed by atoms with E-state index in [4.69, 9.17) is 10.2 Å². The highest BCUT2D eigenvalue weighted by Gasteiger charge is 2.38. The van der Waals surface area contributed by atoms with Crippen LogP contribution in [0.25, 0.3) is 11.1 Å². The van der Waals surface area contributed by atoms with Crippen molar-refractivity contribution in [2.75, 3.05) is 7.05 Å². The Morgan fingerprint density at radius 2 is 1.91 bits per heavy atom. The first-order valence-corrected chi connectivity index (χ1v) is 8.22. The van der Waals surface area contributed by atoms with Crippen LogP contribution >= 0.6 is 0 Å². The third-order valence-corrected chi connectivity index (χ3v) is 5.58. The van der Waals surface area contributed by atoms with Gasteiger partial charge in [-0.15, -0.1) is 0 Å². The summed E-state index contributed by atoms with van der Waals surface area (Å²) in [5.74, 6) is -0.917. The zero-order chi connectivity index (χ0) is 16.1. The largest absolute Gasteiger partial charge is 0.420 e. The Hall–Kier alpha value is -2.08. The molecule has 2 N–H and O–H groups in total. The van der Waals surface area contributed by atoms with E-state index >= 15 is 0 Å². The molecule has 2 bridgehead atoms. The molecule has 1 aromatic heterocycles. The number of para-hydroxylation sites is 1. The lowest BCUT2D eigenvalue weighted by Gasteiger charge is -2.47. The average molecular weight is 315 g/mol. The number of hydrogen-bond acceptors (Lipinski definition) is 4. The van der Waals surface area contributed by atoms with Crippen molar-refractivity contribution in [2.45, 2.75) is 50.2 Å². The Morgan fingerprint density at radius 3 is 2.57 bits per heavy atom. The van der Waals surface area contributed by atoms with Gasteiger partial charge < -0.3 is 15.1 Å². The van der Waals surface area contributed by atoms with Crippen LogP contribution in [0.3, 0.4) is 0 Å². The first-order chi connectivity index (χ1) is 11.1. The third kappa shape index (κ3) is 2.20. The van der Waals surface area contributed by atoms with Gasteiger partial charge in [0.25, 0.3) is 5.91 Å². The monoisotopic (exact) mass is 315 g/mol. The van der Waals surface area contributed by atoms with Gasteiger partial charge in [-0.05, 0) is 44.9 Å². The molecule has 6 heteroatoms. The molecule has 2 aliphatic rings. The van der Waals surface area contributed by atoms with Crippen molar-refractivity contribution in [3.05, 3.63) is 34.3 Å². The molecule has 2 saturated heterocycles. The van der Waals surface area contributed by atoms with Crippen LogP contribution in [0.15, 0.2) is 27.4 Å². The molecule has 2 fully saturated rings. The normalized spacial score (nSPS) is 28.1. The maximum Gasteiger partial charge on any atom is 0.420 e. The van der Waals surface area contributed by atoms with Crippen molar-refractivity contribution < 1.29 is 9.21 Å². The van der Waals surface area contributed by atoms with Crippen LogP contribution in [0.5, 0.6) is 0 Å². The summed E-state index contributed by atoms with van der Waals surface area (Å²) >= 11 is 0. The molecular weight excluding hydrogens is 294 g/mol. The summed E-state index contributed by atoms with van der Waals surface area (Å²) in [6.45, 7) is 0. The minimum atomic E-state index is -0.529. The molecule has 2 unspecified atom stereocenters. The molecule has 1 aromatic carbocycles. The number of carbonyl (C=O) groups is 1. The van der Waals surface area contributed by atoms with Gasteiger partial charge in [0.2, 0.25) is 0 Å². The Morgan fingerprint density at radius 1 is 1.22 bits per heavy atom. The highest BCUT2D eigenvalue weighted by Crippen LogP contribution is 2.39. The highest BCUT2D eigenvalue weighted by molar-refractivity contribution is 6.03. The molecule has 1 amide bonds. The number of carbonyl (C=O) groups excluding carboxylic acids is 1. The molecule has 0 radical (unpaired) electrons. The number of aromatic nitrogens is 1. The number of nitrogens with two attached hydrogens (primary N) is 1. The molecular formula is C17H21N3O3. The summed E-state index contributed by atoms with van der Waals surface area (Å²) in [5.41, 5.74) is 6.85. The quantitative estimate of drug-likeness (QED) is 0.917. The highest BCUT2D eigenvalue weighted by atomic mass is 16.4. The van der Waals surface area contributed by atoms with Crippen LogP contribution in [0, 0.1) is 0 Å². The summed E-state index contributed by atoms with van der Waals surface area (Å²) in [6, 6.07) is 6.12. The number of amides is 1. The van der Waals surface area contributed by atoms with Crippen molar-refractivity contribution in [1.82, 2.24) is 9.47 Å². The molecule has 2 atom stereocenters. The maximum absolute atomic E-state index is 12.4. The first-order valence-electron chi connectivity index (χ1n) is 8.22. The fourth-order valence-corrected chi connectivity index (χ4v) is 4.42.